The molecule has 3 rings (SSSR count). The zero-order valence-electron chi connectivity index (χ0n) is 10.4. The minimum atomic E-state index is -1.00. The SMILES string of the molecule is CCn1c(-c2cc(C(=O)O)[nH]n2)cc2ccccc21. The number of carboxylic acid groups (broad SMARTS) is 1. The van der Waals surface area contributed by atoms with E-state index in [1.54, 1.807) is 6.07 Å². The maximum atomic E-state index is 10.9. The highest BCUT2D eigenvalue weighted by Gasteiger charge is 2.14. The topological polar surface area (TPSA) is 70.9 Å². The molecule has 0 saturated carbocycles. The number of aromatic nitrogens is 3. The Kier molecular flexibility index (Phi) is 2.59. The summed E-state index contributed by atoms with van der Waals surface area (Å²) in [4.78, 5) is 10.9. The van der Waals surface area contributed by atoms with Gasteiger partial charge in [0.2, 0.25) is 0 Å². The summed E-state index contributed by atoms with van der Waals surface area (Å²) in [6, 6.07) is 11.6. The molecule has 0 bridgehead atoms. The highest BCUT2D eigenvalue weighted by Crippen LogP contribution is 2.27. The van der Waals surface area contributed by atoms with E-state index in [1.807, 2.05) is 30.3 Å². The third-order valence-corrected chi connectivity index (χ3v) is 3.20. The number of aromatic carboxylic acids is 1. The predicted molar refractivity (Wildman–Crippen MR) is 72.2 cm³/mol. The van der Waals surface area contributed by atoms with Gasteiger partial charge in [0.05, 0.1) is 5.69 Å². The summed E-state index contributed by atoms with van der Waals surface area (Å²) in [5.74, 6) is -1.00. The molecule has 0 aliphatic carbocycles. The van der Waals surface area contributed by atoms with E-state index in [-0.39, 0.29) is 5.69 Å². The van der Waals surface area contributed by atoms with Crippen LogP contribution in [0.4, 0.5) is 0 Å². The quantitative estimate of drug-likeness (QED) is 0.756. The molecule has 2 heterocycles. The molecular weight excluding hydrogens is 242 g/mol. The molecule has 96 valence electrons. The molecule has 0 atom stereocenters. The van der Waals surface area contributed by atoms with E-state index in [1.165, 1.54) is 0 Å². The molecule has 0 fully saturated rings. The Bertz CT molecular complexity index is 755. The van der Waals surface area contributed by atoms with Crippen molar-refractivity contribution >= 4 is 16.9 Å². The summed E-state index contributed by atoms with van der Waals surface area (Å²) in [5, 5.41) is 16.7. The Hall–Kier alpha value is -2.56. The maximum absolute atomic E-state index is 10.9. The summed E-state index contributed by atoms with van der Waals surface area (Å²) in [6.45, 7) is 2.86. The first-order valence-electron chi connectivity index (χ1n) is 6.08. The van der Waals surface area contributed by atoms with E-state index in [2.05, 4.69) is 21.7 Å². The molecule has 2 N–H and O–H groups in total. The number of aromatic amines is 1. The van der Waals surface area contributed by atoms with Crippen LogP contribution in [0, 0.1) is 0 Å². The van der Waals surface area contributed by atoms with Gasteiger partial charge in [0.25, 0.3) is 0 Å². The van der Waals surface area contributed by atoms with Crippen LogP contribution in [0.25, 0.3) is 22.3 Å². The van der Waals surface area contributed by atoms with Crippen LogP contribution in [0.15, 0.2) is 36.4 Å². The van der Waals surface area contributed by atoms with Crippen molar-refractivity contribution in [2.45, 2.75) is 13.5 Å². The number of nitrogens with one attached hydrogen (secondary N) is 1. The molecular formula is C14H13N3O2. The van der Waals surface area contributed by atoms with Gasteiger partial charge in [0.1, 0.15) is 11.4 Å². The summed E-state index contributed by atoms with van der Waals surface area (Å²) in [6.07, 6.45) is 0. The van der Waals surface area contributed by atoms with Gasteiger partial charge in [-0.3, -0.25) is 5.10 Å². The van der Waals surface area contributed by atoms with E-state index in [9.17, 15) is 4.79 Å². The number of H-pyrrole nitrogens is 1. The number of carbonyl (C=O) groups is 1. The van der Waals surface area contributed by atoms with E-state index < -0.39 is 5.97 Å². The van der Waals surface area contributed by atoms with Crippen molar-refractivity contribution in [3.63, 3.8) is 0 Å². The second kappa shape index (κ2) is 4.28. The van der Waals surface area contributed by atoms with Gasteiger partial charge in [-0.1, -0.05) is 18.2 Å². The third-order valence-electron chi connectivity index (χ3n) is 3.20. The molecule has 3 aromatic rings. The number of nitrogens with zero attached hydrogens (tertiary/aromatic N) is 2. The number of fused-ring (bicyclic) bond motifs is 1. The first-order valence-corrected chi connectivity index (χ1v) is 6.08. The molecule has 0 spiro atoms. The number of benzene rings is 1. The Balaban J connectivity index is 2.20. The van der Waals surface area contributed by atoms with E-state index >= 15 is 0 Å². The molecule has 0 aliphatic heterocycles. The van der Waals surface area contributed by atoms with E-state index in [4.69, 9.17) is 5.11 Å². The molecule has 1 aromatic carbocycles. The standard InChI is InChI=1S/C14H13N3O2/c1-2-17-12-6-4-3-5-9(12)7-13(17)10-8-11(14(18)19)16-15-10/h3-8H,2H2,1H3,(H,15,16)(H,18,19). The highest BCUT2D eigenvalue weighted by molar-refractivity contribution is 5.89. The molecule has 0 unspecified atom stereocenters. The van der Waals surface area contributed by atoms with Crippen molar-refractivity contribution in [3.05, 3.63) is 42.1 Å². The lowest BCUT2D eigenvalue weighted by Gasteiger charge is -2.04. The summed E-state index contributed by atoms with van der Waals surface area (Å²) in [7, 11) is 0. The lowest BCUT2D eigenvalue weighted by Crippen LogP contribution is -1.96. The van der Waals surface area contributed by atoms with Gasteiger partial charge in [-0.2, -0.15) is 5.10 Å². The van der Waals surface area contributed by atoms with Crippen LogP contribution in [0.3, 0.4) is 0 Å². The Morgan fingerprint density at radius 1 is 1.37 bits per heavy atom. The maximum Gasteiger partial charge on any atom is 0.353 e. The van der Waals surface area contributed by atoms with Crippen LogP contribution in [-0.2, 0) is 6.54 Å². The number of carboxylic acids is 1. The molecule has 5 heteroatoms. The van der Waals surface area contributed by atoms with Gasteiger partial charge >= 0.3 is 5.97 Å². The monoisotopic (exact) mass is 255 g/mol. The van der Waals surface area contributed by atoms with Crippen molar-refractivity contribution in [2.75, 3.05) is 0 Å². The number of rotatable bonds is 3. The van der Waals surface area contributed by atoms with Crippen molar-refractivity contribution in [1.29, 1.82) is 0 Å². The minimum Gasteiger partial charge on any atom is -0.477 e. The lowest BCUT2D eigenvalue weighted by molar-refractivity contribution is 0.0690. The number of hydrogen-bond donors (Lipinski definition) is 2. The average molecular weight is 255 g/mol. The summed E-state index contributed by atoms with van der Waals surface area (Å²) >= 11 is 0. The van der Waals surface area contributed by atoms with Gasteiger partial charge in [-0.05, 0) is 19.1 Å². The van der Waals surface area contributed by atoms with Crippen LogP contribution in [0.2, 0.25) is 0 Å². The summed E-state index contributed by atoms with van der Waals surface area (Å²) < 4.78 is 2.12. The number of aryl methyl sites for hydroxylation is 1. The first-order chi connectivity index (χ1) is 9.20. The van der Waals surface area contributed by atoms with Crippen LogP contribution < -0.4 is 0 Å². The second-order valence-corrected chi connectivity index (χ2v) is 4.30. The van der Waals surface area contributed by atoms with Crippen molar-refractivity contribution in [1.82, 2.24) is 14.8 Å². The average Bonchev–Trinajstić information content (AvgIpc) is 3.02. The summed E-state index contributed by atoms with van der Waals surface area (Å²) in [5.41, 5.74) is 2.80. The Labute approximate surface area is 109 Å². The molecule has 19 heavy (non-hydrogen) atoms. The fourth-order valence-corrected chi connectivity index (χ4v) is 2.33. The zero-order chi connectivity index (χ0) is 13.4. The molecule has 5 nitrogen and oxygen atoms in total. The van der Waals surface area contributed by atoms with Crippen LogP contribution >= 0.6 is 0 Å². The largest absolute Gasteiger partial charge is 0.477 e. The zero-order valence-corrected chi connectivity index (χ0v) is 10.4. The smallest absolute Gasteiger partial charge is 0.353 e. The molecule has 2 aromatic heterocycles. The number of hydrogen-bond acceptors (Lipinski definition) is 2. The van der Waals surface area contributed by atoms with Gasteiger partial charge in [0.15, 0.2) is 0 Å². The van der Waals surface area contributed by atoms with E-state index in [0.717, 1.165) is 23.1 Å². The normalized spacial score (nSPS) is 11.0. The van der Waals surface area contributed by atoms with Crippen molar-refractivity contribution in [3.8, 4) is 11.4 Å². The lowest BCUT2D eigenvalue weighted by atomic mass is 10.2. The fraction of sp³-hybridized carbons (Fsp3) is 0.143. The Morgan fingerprint density at radius 3 is 2.84 bits per heavy atom. The predicted octanol–water partition coefficient (Wildman–Crippen LogP) is 2.75. The van der Waals surface area contributed by atoms with Crippen LogP contribution in [0.1, 0.15) is 17.4 Å². The van der Waals surface area contributed by atoms with E-state index in [0.29, 0.717) is 5.69 Å². The van der Waals surface area contributed by atoms with Crippen molar-refractivity contribution < 1.29 is 9.90 Å². The first kappa shape index (κ1) is 11.5. The van der Waals surface area contributed by atoms with Crippen LogP contribution in [-0.4, -0.2) is 25.8 Å². The molecule has 0 amide bonds. The van der Waals surface area contributed by atoms with Crippen molar-refractivity contribution in [2.24, 2.45) is 0 Å². The molecule has 0 saturated heterocycles. The van der Waals surface area contributed by atoms with Gasteiger partial charge in [-0.25, -0.2) is 4.79 Å². The molecule has 0 aliphatic rings. The highest BCUT2D eigenvalue weighted by atomic mass is 16.4. The molecule has 0 radical (unpaired) electrons. The number of para-hydroxylation sites is 1. The minimum absolute atomic E-state index is 0.0999. The fourth-order valence-electron chi connectivity index (χ4n) is 2.33. The third kappa shape index (κ3) is 1.79. The Morgan fingerprint density at radius 2 is 2.16 bits per heavy atom. The van der Waals surface area contributed by atoms with Gasteiger partial charge < -0.3 is 9.67 Å². The van der Waals surface area contributed by atoms with Crippen LogP contribution in [0.5, 0.6) is 0 Å². The van der Waals surface area contributed by atoms with Gasteiger partial charge in [-0.15, -0.1) is 0 Å². The second-order valence-electron chi connectivity index (χ2n) is 4.30. The van der Waals surface area contributed by atoms with Gasteiger partial charge in [0, 0.05) is 23.5 Å².